The number of rotatable bonds is 6. The number of para-hydroxylation sites is 2. The second-order valence-electron chi connectivity index (χ2n) is 5.68. The molecule has 28 heavy (non-hydrogen) atoms. The molecule has 0 aliphatic rings. The first-order valence-electron chi connectivity index (χ1n) is 8.10. The second kappa shape index (κ2) is 8.12. The zero-order valence-corrected chi connectivity index (χ0v) is 14.4. The topological polar surface area (TPSA) is 103 Å². The average molecular weight is 383 g/mol. The van der Waals surface area contributed by atoms with Gasteiger partial charge < -0.3 is 10.2 Å². The van der Waals surface area contributed by atoms with Gasteiger partial charge in [-0.05, 0) is 35.9 Å². The highest BCUT2D eigenvalue weighted by molar-refractivity contribution is 6.05. The number of anilines is 1. The smallest absolute Gasteiger partial charge is 0.295 e. The number of halogens is 1. The van der Waals surface area contributed by atoms with Crippen molar-refractivity contribution < 1.29 is 18.9 Å². The van der Waals surface area contributed by atoms with Gasteiger partial charge in [0.25, 0.3) is 17.2 Å². The molecule has 0 fully saturated rings. The number of hydrogen-bond donors (Lipinski definition) is 1. The van der Waals surface area contributed by atoms with E-state index in [2.05, 4.69) is 5.32 Å². The molecule has 8 nitrogen and oxygen atoms in total. The van der Waals surface area contributed by atoms with Gasteiger partial charge in [0.2, 0.25) is 0 Å². The van der Waals surface area contributed by atoms with Crippen LogP contribution in [0.25, 0.3) is 0 Å². The summed E-state index contributed by atoms with van der Waals surface area (Å²) in [6, 6.07) is 13.8. The number of nitrogens with zero attached hydrogens (tertiary/aromatic N) is 2. The zero-order valence-electron chi connectivity index (χ0n) is 14.4. The Hall–Kier alpha value is -4.01. The quantitative estimate of drug-likeness (QED) is 0.521. The third-order valence-electron chi connectivity index (χ3n) is 3.79. The summed E-state index contributed by atoms with van der Waals surface area (Å²) in [5.74, 6) is -1.20. The van der Waals surface area contributed by atoms with Crippen LogP contribution in [-0.2, 0) is 6.61 Å². The summed E-state index contributed by atoms with van der Waals surface area (Å²) in [5, 5.41) is 13.4. The Balaban J connectivity index is 1.79. The highest BCUT2D eigenvalue weighted by Crippen LogP contribution is 2.23. The Morgan fingerprint density at radius 2 is 1.82 bits per heavy atom. The van der Waals surface area contributed by atoms with Crippen molar-refractivity contribution in [1.82, 2.24) is 4.73 Å². The van der Waals surface area contributed by atoms with Gasteiger partial charge in [-0.3, -0.25) is 19.7 Å². The van der Waals surface area contributed by atoms with Crippen LogP contribution in [0.5, 0.6) is 0 Å². The third kappa shape index (κ3) is 4.21. The highest BCUT2D eigenvalue weighted by atomic mass is 19.1. The van der Waals surface area contributed by atoms with Gasteiger partial charge in [0.05, 0.1) is 4.92 Å². The molecule has 3 aromatic rings. The fourth-order valence-corrected chi connectivity index (χ4v) is 2.40. The van der Waals surface area contributed by atoms with Crippen LogP contribution in [0.3, 0.4) is 0 Å². The monoisotopic (exact) mass is 383 g/mol. The number of hydrogen-bond acceptors (Lipinski definition) is 5. The first kappa shape index (κ1) is 18.8. The number of aromatic nitrogens is 1. The number of amides is 1. The van der Waals surface area contributed by atoms with Crippen molar-refractivity contribution in [2.45, 2.75) is 6.61 Å². The van der Waals surface area contributed by atoms with Crippen LogP contribution in [0, 0.1) is 15.9 Å². The number of carbonyl (C=O) groups is 1. The molecule has 2 aromatic carbocycles. The van der Waals surface area contributed by atoms with E-state index in [0.29, 0.717) is 5.56 Å². The molecule has 0 aliphatic heterocycles. The first-order chi connectivity index (χ1) is 13.5. The standard InChI is InChI=1S/C19H14FN3O5/c20-14-9-7-13(8-10-14)12-28-22-11-3-4-15(19(22)25)18(24)21-16-5-1-2-6-17(16)23(26)27/h1-11H,12H2,(H,21,24). The number of nitrogens with one attached hydrogen (secondary N) is 1. The van der Waals surface area contributed by atoms with Crippen molar-refractivity contribution in [1.29, 1.82) is 0 Å². The summed E-state index contributed by atoms with van der Waals surface area (Å²) in [6.07, 6.45) is 1.33. The van der Waals surface area contributed by atoms with E-state index in [-0.39, 0.29) is 23.5 Å². The summed E-state index contributed by atoms with van der Waals surface area (Å²) in [5.41, 5.74) is -0.678. The predicted molar refractivity (Wildman–Crippen MR) is 98.4 cm³/mol. The van der Waals surface area contributed by atoms with E-state index in [1.165, 1.54) is 66.9 Å². The summed E-state index contributed by atoms with van der Waals surface area (Å²) in [6.45, 7) is -0.0184. The molecular formula is C19H14FN3O5. The van der Waals surface area contributed by atoms with Gasteiger partial charge in [0, 0.05) is 12.3 Å². The number of carbonyl (C=O) groups excluding carboxylic acids is 1. The molecule has 9 heteroatoms. The molecular weight excluding hydrogens is 369 g/mol. The van der Waals surface area contributed by atoms with Crippen LogP contribution in [0.2, 0.25) is 0 Å². The largest absolute Gasteiger partial charge is 0.406 e. The molecule has 0 radical (unpaired) electrons. The van der Waals surface area contributed by atoms with Gasteiger partial charge in [0.15, 0.2) is 0 Å². The minimum atomic E-state index is -0.806. The number of pyridine rings is 1. The Kier molecular flexibility index (Phi) is 5.45. The van der Waals surface area contributed by atoms with E-state index in [9.17, 15) is 24.1 Å². The molecule has 142 valence electrons. The highest BCUT2D eigenvalue weighted by Gasteiger charge is 2.18. The van der Waals surface area contributed by atoms with Crippen LogP contribution in [0.4, 0.5) is 15.8 Å². The Morgan fingerprint density at radius 3 is 2.54 bits per heavy atom. The second-order valence-corrected chi connectivity index (χ2v) is 5.68. The normalized spacial score (nSPS) is 10.3. The van der Waals surface area contributed by atoms with Gasteiger partial charge in [-0.1, -0.05) is 24.3 Å². The molecule has 1 N–H and O–H groups in total. The minimum Gasteiger partial charge on any atom is -0.406 e. The lowest BCUT2D eigenvalue weighted by atomic mass is 10.2. The van der Waals surface area contributed by atoms with Gasteiger partial charge in [0.1, 0.15) is 23.7 Å². The lowest BCUT2D eigenvalue weighted by Crippen LogP contribution is -2.32. The Bertz CT molecular complexity index is 1080. The predicted octanol–water partition coefficient (Wildman–Crippen LogP) is 2.78. The molecule has 0 spiro atoms. The maximum atomic E-state index is 12.9. The van der Waals surface area contributed by atoms with Crippen LogP contribution < -0.4 is 15.7 Å². The molecule has 3 rings (SSSR count). The Morgan fingerprint density at radius 1 is 1.11 bits per heavy atom. The fourth-order valence-electron chi connectivity index (χ4n) is 2.40. The van der Waals surface area contributed by atoms with Gasteiger partial charge >= 0.3 is 0 Å². The summed E-state index contributed by atoms with van der Waals surface area (Å²) >= 11 is 0. The summed E-state index contributed by atoms with van der Waals surface area (Å²) < 4.78 is 13.8. The van der Waals surface area contributed by atoms with E-state index in [1.54, 1.807) is 0 Å². The van der Waals surface area contributed by atoms with Crippen LogP contribution in [0.1, 0.15) is 15.9 Å². The number of nitro benzene ring substituents is 1. The van der Waals surface area contributed by atoms with Gasteiger partial charge in [-0.15, -0.1) is 0 Å². The SMILES string of the molecule is O=C(Nc1ccccc1[N+](=O)[O-])c1cccn(OCc2ccc(F)cc2)c1=O. The summed E-state index contributed by atoms with van der Waals surface area (Å²) in [4.78, 5) is 40.7. The number of benzene rings is 2. The lowest BCUT2D eigenvalue weighted by molar-refractivity contribution is -0.383. The molecule has 0 aliphatic carbocycles. The van der Waals surface area contributed by atoms with Crippen molar-refractivity contribution in [2.24, 2.45) is 0 Å². The van der Waals surface area contributed by atoms with Crippen LogP contribution >= 0.6 is 0 Å². The molecule has 1 aromatic heterocycles. The number of nitro groups is 1. The van der Waals surface area contributed by atoms with E-state index in [0.717, 1.165) is 4.73 Å². The van der Waals surface area contributed by atoms with Gasteiger partial charge in [-0.25, -0.2) is 4.39 Å². The van der Waals surface area contributed by atoms with E-state index in [4.69, 9.17) is 4.84 Å². The van der Waals surface area contributed by atoms with Crippen molar-refractivity contribution in [2.75, 3.05) is 5.32 Å². The van der Waals surface area contributed by atoms with Gasteiger partial charge in [-0.2, -0.15) is 4.73 Å². The molecule has 0 bridgehead atoms. The van der Waals surface area contributed by atoms with E-state index < -0.39 is 22.2 Å². The Labute approximate surface area is 157 Å². The van der Waals surface area contributed by atoms with E-state index >= 15 is 0 Å². The molecule has 1 heterocycles. The maximum absolute atomic E-state index is 12.9. The molecule has 0 atom stereocenters. The van der Waals surface area contributed by atoms with Crippen molar-refractivity contribution >= 4 is 17.3 Å². The van der Waals surface area contributed by atoms with E-state index in [1.807, 2.05) is 0 Å². The average Bonchev–Trinajstić information content (AvgIpc) is 2.68. The third-order valence-corrected chi connectivity index (χ3v) is 3.79. The molecule has 0 saturated heterocycles. The maximum Gasteiger partial charge on any atom is 0.295 e. The van der Waals surface area contributed by atoms with Crippen LogP contribution in [-0.4, -0.2) is 15.6 Å². The van der Waals surface area contributed by atoms with Crippen LogP contribution in [0.15, 0.2) is 71.7 Å². The lowest BCUT2D eigenvalue weighted by Gasteiger charge is -2.10. The van der Waals surface area contributed by atoms with Crippen molar-refractivity contribution in [3.8, 4) is 0 Å². The fraction of sp³-hybridized carbons (Fsp3) is 0.0526. The molecule has 0 saturated carbocycles. The van der Waals surface area contributed by atoms with Crippen molar-refractivity contribution in [3.63, 3.8) is 0 Å². The zero-order chi connectivity index (χ0) is 20.1. The van der Waals surface area contributed by atoms with Crippen molar-refractivity contribution in [3.05, 3.63) is 104 Å². The summed E-state index contributed by atoms with van der Waals surface area (Å²) in [7, 11) is 0. The molecule has 1 amide bonds. The molecule has 0 unspecified atom stereocenters. The minimum absolute atomic E-state index is 0.0184. The first-order valence-corrected chi connectivity index (χ1v) is 8.10.